The summed E-state index contributed by atoms with van der Waals surface area (Å²) in [7, 11) is 0. The third kappa shape index (κ3) is 5.15. The number of quaternary nitrogens is 1. The van der Waals surface area contributed by atoms with Crippen molar-refractivity contribution >= 4 is 34.3 Å². The predicted octanol–water partition coefficient (Wildman–Crippen LogP) is 0.830. The number of carboxylic acid groups (broad SMARTS) is 1. The van der Waals surface area contributed by atoms with Gasteiger partial charge >= 0.3 is 5.97 Å². The molecule has 0 fully saturated rings. The van der Waals surface area contributed by atoms with Gasteiger partial charge in [0, 0.05) is 23.6 Å². The molecular formula is C10H12N2O5S. The first-order valence-electron chi connectivity index (χ1n) is 4.98. The van der Waals surface area contributed by atoms with Gasteiger partial charge in [0.2, 0.25) is 0 Å². The summed E-state index contributed by atoms with van der Waals surface area (Å²) in [6, 6.07) is 5.82. The first-order chi connectivity index (χ1) is 8.49. The molecule has 0 aliphatic carbocycles. The minimum Gasteiger partial charge on any atom is -0.595 e. The van der Waals surface area contributed by atoms with Crippen LogP contribution in [0.4, 0.5) is 16.2 Å². The molecule has 0 aliphatic heterocycles. The summed E-state index contributed by atoms with van der Waals surface area (Å²) in [5.74, 6) is -0.803. The molecule has 1 rings (SSSR count). The Kier molecular flexibility index (Phi) is 5.59. The standard InChI is InChI=1S/C10H12N2O5S/c13-9(14)4-5-18-10(15)11-7-2-1-3-8(6-7)12(16)17/h1-3,6,12,16H,4-5H2,(H,11,15)(H,13,14). The Morgan fingerprint density at radius 3 is 2.78 bits per heavy atom. The third-order valence-electron chi connectivity index (χ3n) is 1.91. The van der Waals surface area contributed by atoms with E-state index in [9.17, 15) is 14.8 Å². The van der Waals surface area contributed by atoms with Crippen LogP contribution in [0.5, 0.6) is 0 Å². The topological polar surface area (TPSA) is 114 Å². The molecule has 0 spiro atoms. The summed E-state index contributed by atoms with van der Waals surface area (Å²) in [5, 5.41) is 28.9. The van der Waals surface area contributed by atoms with Crippen LogP contribution in [-0.4, -0.2) is 27.3 Å². The van der Waals surface area contributed by atoms with Crippen molar-refractivity contribution < 1.29 is 25.1 Å². The zero-order chi connectivity index (χ0) is 13.5. The lowest BCUT2D eigenvalue weighted by Gasteiger charge is -2.12. The molecule has 0 radical (unpaired) electrons. The third-order valence-corrected chi connectivity index (χ3v) is 2.68. The zero-order valence-electron chi connectivity index (χ0n) is 9.25. The summed E-state index contributed by atoms with van der Waals surface area (Å²) in [6.07, 6.45) is -0.104. The highest BCUT2D eigenvalue weighted by atomic mass is 32.2. The van der Waals surface area contributed by atoms with Crippen LogP contribution >= 0.6 is 11.8 Å². The number of nitrogens with one attached hydrogen (secondary N) is 2. The minimum atomic E-state index is -1.08. The Morgan fingerprint density at radius 2 is 2.17 bits per heavy atom. The first kappa shape index (κ1) is 14.5. The average Bonchev–Trinajstić information content (AvgIpc) is 2.28. The van der Waals surface area contributed by atoms with Crippen LogP contribution in [-0.2, 0) is 4.79 Å². The van der Waals surface area contributed by atoms with Gasteiger partial charge in [0.15, 0.2) is 5.69 Å². The van der Waals surface area contributed by atoms with E-state index in [0.29, 0.717) is 5.69 Å². The van der Waals surface area contributed by atoms with Crippen molar-refractivity contribution in [2.24, 2.45) is 0 Å². The lowest BCUT2D eigenvalue weighted by atomic mass is 10.3. The molecule has 0 saturated carbocycles. The van der Waals surface area contributed by atoms with E-state index >= 15 is 0 Å². The Bertz CT molecular complexity index is 438. The Hall–Kier alpha value is -1.61. The lowest BCUT2D eigenvalue weighted by molar-refractivity contribution is -0.991. The number of aliphatic carboxylic acids is 1. The van der Waals surface area contributed by atoms with Crippen molar-refractivity contribution in [1.82, 2.24) is 0 Å². The fraction of sp³-hybridized carbons (Fsp3) is 0.200. The fourth-order valence-corrected chi connectivity index (χ4v) is 1.77. The van der Waals surface area contributed by atoms with Crippen molar-refractivity contribution in [3.8, 4) is 0 Å². The van der Waals surface area contributed by atoms with E-state index in [1.165, 1.54) is 18.2 Å². The molecule has 0 heterocycles. The van der Waals surface area contributed by atoms with Gasteiger partial charge in [0.1, 0.15) is 0 Å². The summed E-state index contributed by atoms with van der Waals surface area (Å²) in [4.78, 5) is 21.6. The monoisotopic (exact) mass is 272 g/mol. The number of hydrogen-bond donors (Lipinski definition) is 4. The molecule has 0 aromatic heterocycles. The van der Waals surface area contributed by atoms with Crippen molar-refractivity contribution in [3.05, 3.63) is 29.5 Å². The normalized spacial score (nSPS) is 11.9. The summed E-state index contributed by atoms with van der Waals surface area (Å²) in [5.41, 5.74) is 0.436. The number of benzene rings is 1. The summed E-state index contributed by atoms with van der Waals surface area (Å²) >= 11 is 0.836. The second-order valence-corrected chi connectivity index (χ2v) is 4.36. The van der Waals surface area contributed by atoms with Crippen molar-refractivity contribution in [2.45, 2.75) is 6.42 Å². The largest absolute Gasteiger partial charge is 0.595 e. The van der Waals surface area contributed by atoms with E-state index in [2.05, 4.69) is 5.32 Å². The number of thioether (sulfide) groups is 1. The van der Waals surface area contributed by atoms with Crippen LogP contribution in [0.15, 0.2) is 24.3 Å². The molecule has 0 saturated heterocycles. The smallest absolute Gasteiger partial charge is 0.304 e. The maximum Gasteiger partial charge on any atom is 0.304 e. The van der Waals surface area contributed by atoms with Gasteiger partial charge in [-0.2, -0.15) is 5.23 Å². The van der Waals surface area contributed by atoms with Crippen LogP contribution in [0, 0.1) is 5.21 Å². The van der Waals surface area contributed by atoms with Crippen molar-refractivity contribution in [1.29, 1.82) is 0 Å². The number of carbonyl (C=O) groups excluding carboxylic acids is 1. The first-order valence-corrected chi connectivity index (χ1v) is 5.96. The lowest BCUT2D eigenvalue weighted by Crippen LogP contribution is -2.99. The van der Waals surface area contributed by atoms with Crippen LogP contribution < -0.4 is 10.5 Å². The Labute approximate surface area is 107 Å². The van der Waals surface area contributed by atoms with E-state index < -0.39 is 16.4 Å². The highest BCUT2D eigenvalue weighted by Crippen LogP contribution is 2.15. The second kappa shape index (κ2) is 6.97. The van der Waals surface area contributed by atoms with Gasteiger partial charge < -0.3 is 15.6 Å². The number of amides is 1. The maximum atomic E-state index is 11.4. The molecular weight excluding hydrogens is 260 g/mol. The van der Waals surface area contributed by atoms with Gasteiger partial charge in [0.25, 0.3) is 5.24 Å². The van der Waals surface area contributed by atoms with Crippen LogP contribution in [0.2, 0.25) is 0 Å². The molecule has 1 unspecified atom stereocenters. The van der Waals surface area contributed by atoms with Crippen molar-refractivity contribution in [3.63, 3.8) is 0 Å². The minimum absolute atomic E-state index is 0.0725. The fourth-order valence-electron chi connectivity index (χ4n) is 1.11. The number of carbonyl (C=O) groups is 2. The molecule has 98 valence electrons. The van der Waals surface area contributed by atoms with Gasteiger partial charge in [-0.1, -0.05) is 17.8 Å². The highest BCUT2D eigenvalue weighted by molar-refractivity contribution is 8.13. The van der Waals surface area contributed by atoms with Crippen LogP contribution in [0.1, 0.15) is 6.42 Å². The van der Waals surface area contributed by atoms with Gasteiger partial charge in [-0.25, -0.2) is 5.21 Å². The Morgan fingerprint density at radius 1 is 1.44 bits per heavy atom. The quantitative estimate of drug-likeness (QED) is 0.590. The summed E-state index contributed by atoms with van der Waals surface area (Å²) < 4.78 is 0. The van der Waals surface area contributed by atoms with Crippen LogP contribution in [0.3, 0.4) is 0 Å². The van der Waals surface area contributed by atoms with E-state index in [1.54, 1.807) is 6.07 Å². The van der Waals surface area contributed by atoms with E-state index in [0.717, 1.165) is 11.8 Å². The zero-order valence-corrected chi connectivity index (χ0v) is 10.1. The number of rotatable bonds is 5. The number of anilines is 1. The molecule has 0 bridgehead atoms. The average molecular weight is 272 g/mol. The van der Waals surface area contributed by atoms with Gasteiger partial charge in [-0.05, 0) is 6.07 Å². The van der Waals surface area contributed by atoms with Gasteiger partial charge in [-0.15, -0.1) is 0 Å². The van der Waals surface area contributed by atoms with E-state index in [1.807, 2.05) is 0 Å². The second-order valence-electron chi connectivity index (χ2n) is 3.29. The van der Waals surface area contributed by atoms with Gasteiger partial charge in [-0.3, -0.25) is 9.59 Å². The molecule has 1 aromatic rings. The number of hydrogen-bond acceptors (Lipinski definition) is 5. The maximum absolute atomic E-state index is 11.4. The molecule has 8 heteroatoms. The van der Waals surface area contributed by atoms with E-state index in [-0.39, 0.29) is 17.9 Å². The SMILES string of the molecule is O=C(O)CCSC(=O)Nc1cccc([NH+]([O-])O)c1. The Balaban J connectivity index is 2.49. The number of carboxylic acids is 1. The molecule has 0 aliphatic rings. The predicted molar refractivity (Wildman–Crippen MR) is 65.9 cm³/mol. The molecule has 7 nitrogen and oxygen atoms in total. The molecule has 18 heavy (non-hydrogen) atoms. The van der Waals surface area contributed by atoms with Gasteiger partial charge in [0.05, 0.1) is 6.42 Å². The molecule has 1 atom stereocenters. The molecule has 1 aromatic carbocycles. The molecule has 1 amide bonds. The van der Waals surface area contributed by atoms with Crippen LogP contribution in [0.25, 0.3) is 0 Å². The van der Waals surface area contributed by atoms with E-state index in [4.69, 9.17) is 10.3 Å². The highest BCUT2D eigenvalue weighted by Gasteiger charge is 2.07. The molecule has 4 N–H and O–H groups in total. The summed E-state index contributed by atoms with van der Waals surface area (Å²) in [6.45, 7) is 0. The van der Waals surface area contributed by atoms with Crippen molar-refractivity contribution in [2.75, 3.05) is 11.1 Å².